The van der Waals surface area contributed by atoms with Crippen molar-refractivity contribution in [3.63, 3.8) is 0 Å². The molecule has 0 unspecified atom stereocenters. The maximum absolute atomic E-state index is 13.3. The molecule has 0 aromatic carbocycles. The summed E-state index contributed by atoms with van der Waals surface area (Å²) in [5.74, 6) is -9.79. The van der Waals surface area contributed by atoms with Crippen molar-refractivity contribution in [3.8, 4) is 0 Å². The second-order valence-corrected chi connectivity index (χ2v) is 32.4. The van der Waals surface area contributed by atoms with Gasteiger partial charge in [-0.1, -0.05) is 0 Å². The van der Waals surface area contributed by atoms with Crippen LogP contribution in [0.2, 0.25) is 0 Å². The van der Waals surface area contributed by atoms with Crippen LogP contribution in [0.1, 0.15) is 34.1 Å². The minimum Gasteiger partial charge on any atom is -0.477 e. The van der Waals surface area contributed by atoms with Crippen LogP contribution in [0.5, 0.6) is 0 Å². The molecule has 0 bridgehead atoms. The van der Waals surface area contributed by atoms with Crippen LogP contribution >= 0.6 is 0 Å². The highest BCUT2D eigenvalue weighted by molar-refractivity contribution is 5.78. The van der Waals surface area contributed by atoms with Gasteiger partial charge in [-0.05, 0) is 6.92 Å². The Kier molecular flexibility index (Phi) is 38.0. The molecular formula is C71H118N4O54. The standard InChI is InChI=1S/C71H118N4O54/c1-16-35(90)45(100)48(103)64(113-16)112-15-29-55(42(97)32(61(108)114-29)72-17(2)84)122-62-33(73-18(3)85)43(98)53(26(11-81)119-62)123-67-51(106)58(41(96)28(121-67)14-111-65-50(105)57(39(94)24(9-79)115-65)125-66-49(104)46(101)37(92)22(7-77)116-66)126-69-60(47(102)38(93)23(8-78)118-69)127-63-34(74-19(4)86)44(99)54(27(12-82)120-63)124-68-52(107)59(40(95)25(10-80)117-68)129-71(70(109)110)5-20(87)31(75-30(89)13-83)56(128-71)36(91)21(88)6-76/h16,20-29,31-69,76-83,87-88,90-108H,5-15H2,1-4H3,(H,72,84)(H,73,85)(H,74,86)(H,75,89)(H,109,110)/t16-,20+,21-,22-,23-,24-,25-,26-,27-,28-,29-,31-,32-,33-,34-,35+,36-,37-,38-,39-,40+,41-,42-,43-,44-,45+,46+,47+,48-,49+,50+,51+,52-,53-,54-,55-,56-,57+,58+,59+,60+,61-,62+,63+,64-,65+,66-,67+,68+,69-,71+/m1/s1. The summed E-state index contributed by atoms with van der Waals surface area (Å²) in [5.41, 5.74) is 0. The van der Waals surface area contributed by atoms with Crippen LogP contribution in [0.4, 0.5) is 0 Å². The second kappa shape index (κ2) is 46.1. The SMILES string of the molecule is CC(=O)N[C@@H]1[C@@H](O)[C@H](O[C@@H]2O[C@H](CO)[C@@H](O[C@@H]3O[C@H](CO[C@H]4O[C@H](CO)[C@@H](O)[C@H](O[C@H]5O[C@H](CO)[C@@H](O)[C@H](O)[C@@H]5O)[C@@H]4O)[C@@H](O)[C@H](O[C@H]4O[C@H](CO)[C@@H](O)[C@H](O)[C@@H]4O[C@@H]4O[C@H](CO)[C@@H](O[C@@H]5O[C@H](CO)[C@H](O)[C@H](O[C@]6(C(=O)O)C[C@H](O)[C@@H](NC(=O)CO)[C@H]([C@H](O)[C@H](O)CO)O6)[C@H]5O)[C@H](O)[C@H]4NC(C)=O)[C@@H]3O)[C@H](O)[C@H]2NC(C)=O)[C@@H](CO[C@@H]2O[C@H](C)[C@H](O)[C@H](O)[C@H]2O)O[C@H]1O. The molecule has 51 atom stereocenters. The first-order valence-electron chi connectivity index (χ1n) is 40.8. The smallest absolute Gasteiger partial charge is 0.364 e. The summed E-state index contributed by atoms with van der Waals surface area (Å²) in [4.78, 5) is 64.6. The zero-order valence-corrected chi connectivity index (χ0v) is 68.9. The first-order chi connectivity index (χ1) is 60.9. The number of carboxylic acid groups (broad SMARTS) is 1. The van der Waals surface area contributed by atoms with Crippen molar-refractivity contribution < 1.29 is 267 Å². The molecule has 10 aliphatic rings. The van der Waals surface area contributed by atoms with E-state index in [1.807, 2.05) is 0 Å². The fourth-order valence-electron chi connectivity index (χ4n) is 16.5. The molecule has 58 heteroatoms. The van der Waals surface area contributed by atoms with Crippen LogP contribution in [0.25, 0.3) is 0 Å². The third kappa shape index (κ3) is 23.5. The van der Waals surface area contributed by atoms with Gasteiger partial charge in [-0.25, -0.2) is 4.79 Å². The Labute approximate surface area is 728 Å². The first kappa shape index (κ1) is 106. The van der Waals surface area contributed by atoms with Crippen molar-refractivity contribution in [2.24, 2.45) is 0 Å². The van der Waals surface area contributed by atoms with E-state index in [1.165, 1.54) is 6.92 Å². The molecular weight excluding hydrogens is 1770 g/mol. The lowest BCUT2D eigenvalue weighted by Gasteiger charge is -2.51. The Morgan fingerprint density at radius 3 is 1.21 bits per heavy atom. The van der Waals surface area contributed by atoms with Gasteiger partial charge < -0.3 is 264 Å². The van der Waals surface area contributed by atoms with E-state index in [0.29, 0.717) is 0 Å². The van der Waals surface area contributed by atoms with Gasteiger partial charge in [0.2, 0.25) is 23.6 Å². The highest BCUT2D eigenvalue weighted by Gasteiger charge is 2.64. The van der Waals surface area contributed by atoms with Crippen LogP contribution in [0.3, 0.4) is 0 Å². The van der Waals surface area contributed by atoms with E-state index in [1.54, 1.807) is 0 Å². The number of carbonyl (C=O) groups is 5. The molecule has 746 valence electrons. The van der Waals surface area contributed by atoms with E-state index in [0.717, 1.165) is 20.8 Å². The van der Waals surface area contributed by atoms with Crippen molar-refractivity contribution >= 4 is 29.6 Å². The van der Waals surface area contributed by atoms with Crippen LogP contribution in [0.15, 0.2) is 0 Å². The molecule has 10 aliphatic heterocycles. The molecule has 4 amide bonds. The third-order valence-corrected chi connectivity index (χ3v) is 23.5. The zero-order chi connectivity index (χ0) is 95.3. The molecule has 129 heavy (non-hydrogen) atoms. The number of ether oxygens (including phenoxy) is 19. The summed E-state index contributed by atoms with van der Waals surface area (Å²) in [6.45, 7) is -7.82. The first-order valence-corrected chi connectivity index (χ1v) is 40.8. The molecule has 10 fully saturated rings. The number of amides is 4. The number of aliphatic hydroxyl groups is 29. The second-order valence-electron chi connectivity index (χ2n) is 32.4. The summed E-state index contributed by atoms with van der Waals surface area (Å²) in [7, 11) is 0. The van der Waals surface area contributed by atoms with Crippen molar-refractivity contribution in [1.29, 1.82) is 0 Å². The van der Waals surface area contributed by atoms with Gasteiger partial charge in [-0.3, -0.25) is 19.2 Å². The summed E-state index contributed by atoms with van der Waals surface area (Å²) in [5, 5.41) is 343. The third-order valence-electron chi connectivity index (χ3n) is 23.5. The van der Waals surface area contributed by atoms with Crippen molar-refractivity contribution in [2.45, 2.75) is 347 Å². The van der Waals surface area contributed by atoms with Gasteiger partial charge in [0.15, 0.2) is 56.6 Å². The number of carbonyl (C=O) groups excluding carboxylic acids is 4. The molecule has 0 aliphatic carbocycles. The lowest BCUT2D eigenvalue weighted by Crippen LogP contribution is -2.71. The molecule has 0 spiro atoms. The molecule has 10 heterocycles. The Bertz CT molecular complexity index is 3550. The average molecular weight is 1890 g/mol. The fraction of sp³-hybridized carbons (Fsp3) is 0.930. The van der Waals surface area contributed by atoms with Gasteiger partial charge in [0.05, 0.1) is 77.7 Å². The molecule has 10 rings (SSSR count). The molecule has 0 radical (unpaired) electrons. The molecule has 58 nitrogen and oxygen atoms in total. The van der Waals surface area contributed by atoms with E-state index in [2.05, 4.69) is 21.3 Å². The number of nitrogens with one attached hydrogen (secondary N) is 4. The molecule has 34 N–H and O–H groups in total. The normalized spacial score (nSPS) is 48.1. The van der Waals surface area contributed by atoms with Gasteiger partial charge in [0.25, 0.3) is 5.79 Å². The Morgan fingerprint density at radius 2 is 0.713 bits per heavy atom. The molecule has 0 aromatic heterocycles. The largest absolute Gasteiger partial charge is 0.477 e. The molecule has 0 saturated carbocycles. The minimum absolute atomic E-state index is 0.847. The van der Waals surface area contributed by atoms with E-state index in [4.69, 9.17) is 90.0 Å². The number of aliphatic hydroxyl groups excluding tert-OH is 29. The minimum atomic E-state index is -3.39. The summed E-state index contributed by atoms with van der Waals surface area (Å²) < 4.78 is 112. The van der Waals surface area contributed by atoms with Crippen molar-refractivity contribution in [2.75, 3.05) is 66.1 Å². The predicted octanol–water partition coefficient (Wildman–Crippen LogP) is -23.0. The monoisotopic (exact) mass is 1890 g/mol. The van der Waals surface area contributed by atoms with Gasteiger partial charge in [0, 0.05) is 27.2 Å². The Hall–Kier alpha value is -4.57. The lowest BCUT2D eigenvalue weighted by atomic mass is 9.88. The Balaban J connectivity index is 0.955. The van der Waals surface area contributed by atoms with Gasteiger partial charge in [0.1, 0.15) is 238 Å². The number of hydrogen-bond acceptors (Lipinski definition) is 53. The van der Waals surface area contributed by atoms with Gasteiger partial charge >= 0.3 is 5.97 Å². The van der Waals surface area contributed by atoms with Gasteiger partial charge in [-0.15, -0.1) is 0 Å². The maximum atomic E-state index is 13.3. The predicted molar refractivity (Wildman–Crippen MR) is 393 cm³/mol. The fourth-order valence-corrected chi connectivity index (χ4v) is 16.5. The lowest BCUT2D eigenvalue weighted by molar-refractivity contribution is -0.400. The van der Waals surface area contributed by atoms with E-state index < -0.39 is 414 Å². The van der Waals surface area contributed by atoms with Crippen LogP contribution in [0, 0.1) is 0 Å². The zero-order valence-electron chi connectivity index (χ0n) is 68.9. The van der Waals surface area contributed by atoms with Crippen molar-refractivity contribution in [3.05, 3.63) is 0 Å². The van der Waals surface area contributed by atoms with Crippen LogP contribution in [-0.2, 0) is 114 Å². The number of aliphatic carboxylic acids is 1. The molecule has 10 saturated heterocycles. The van der Waals surface area contributed by atoms with E-state index >= 15 is 0 Å². The topological polar surface area (TPSA) is 916 Å². The highest BCUT2D eigenvalue weighted by Crippen LogP contribution is 2.43. The number of rotatable bonds is 35. The van der Waals surface area contributed by atoms with E-state index in [9.17, 15) is 177 Å². The summed E-state index contributed by atoms with van der Waals surface area (Å²) in [6.07, 6.45) is -101. The maximum Gasteiger partial charge on any atom is 0.364 e. The van der Waals surface area contributed by atoms with Crippen molar-refractivity contribution in [1.82, 2.24) is 21.3 Å². The summed E-state index contributed by atoms with van der Waals surface area (Å²) in [6, 6.07) is -7.88. The Morgan fingerprint density at radius 1 is 0.349 bits per heavy atom. The highest BCUT2D eigenvalue weighted by atomic mass is 16.8. The van der Waals surface area contributed by atoms with Gasteiger partial charge in [-0.2, -0.15) is 0 Å². The van der Waals surface area contributed by atoms with E-state index in [-0.39, 0.29) is 0 Å². The van der Waals surface area contributed by atoms with Crippen LogP contribution < -0.4 is 21.3 Å². The number of hydrogen-bond donors (Lipinski definition) is 34. The quantitative estimate of drug-likeness (QED) is 0.0280. The van der Waals surface area contributed by atoms with Crippen LogP contribution in [-0.4, -0.2) is 561 Å². The molecule has 0 aromatic rings. The summed E-state index contributed by atoms with van der Waals surface area (Å²) >= 11 is 0. The average Bonchev–Trinajstić information content (AvgIpc) is 0.692. The number of carboxylic acids is 1.